The van der Waals surface area contributed by atoms with Crippen molar-refractivity contribution >= 4 is 52.3 Å². The van der Waals surface area contributed by atoms with Crippen molar-refractivity contribution in [3.63, 3.8) is 0 Å². The first kappa shape index (κ1) is 25.6. The standard InChI is InChI=1S/C27H29ClN6O4/c1-27(25(36)37)10-5-11-34(15-27)17-8-9-19(21(12-17)38-3)31-26-29-13-18(28)23(32-26)30-20-7-4-6-16-14-33(2)24(35)22(16)20/h4,6-9,12-13H,5,10-11,14-15H2,1-3H3,(H,36,37)(H2,29,30,31,32). The van der Waals surface area contributed by atoms with Crippen LogP contribution in [0, 0.1) is 5.41 Å². The second-order valence-corrected chi connectivity index (χ2v) is 10.3. The molecule has 0 spiro atoms. The third-order valence-corrected chi connectivity index (χ3v) is 7.40. The zero-order valence-corrected chi connectivity index (χ0v) is 22.2. The Morgan fingerprint density at radius 1 is 1.21 bits per heavy atom. The highest BCUT2D eigenvalue weighted by Crippen LogP contribution is 2.37. The molecule has 10 nitrogen and oxygen atoms in total. The average Bonchev–Trinajstić information content (AvgIpc) is 3.20. The van der Waals surface area contributed by atoms with E-state index in [4.69, 9.17) is 16.3 Å². The van der Waals surface area contributed by atoms with Crippen LogP contribution in [0.2, 0.25) is 5.02 Å². The lowest BCUT2D eigenvalue weighted by Gasteiger charge is -2.39. The maximum atomic E-state index is 12.6. The number of hydrogen-bond donors (Lipinski definition) is 3. The minimum Gasteiger partial charge on any atom is -0.494 e. The van der Waals surface area contributed by atoms with E-state index in [1.165, 1.54) is 6.20 Å². The van der Waals surface area contributed by atoms with Crippen LogP contribution in [0.3, 0.4) is 0 Å². The molecule has 198 valence electrons. The summed E-state index contributed by atoms with van der Waals surface area (Å²) in [4.78, 5) is 37.0. The Labute approximate surface area is 225 Å². The lowest BCUT2D eigenvalue weighted by molar-refractivity contribution is -0.148. The fourth-order valence-corrected chi connectivity index (χ4v) is 5.12. The Bertz CT molecular complexity index is 1420. The summed E-state index contributed by atoms with van der Waals surface area (Å²) in [6.45, 7) is 3.54. The number of fused-ring (bicyclic) bond motifs is 1. The van der Waals surface area contributed by atoms with Crippen molar-refractivity contribution in [1.82, 2.24) is 14.9 Å². The summed E-state index contributed by atoms with van der Waals surface area (Å²) in [5.74, 6) is 0.363. The SMILES string of the molecule is COc1cc(N2CCCC(C)(C(=O)O)C2)ccc1Nc1ncc(Cl)c(Nc2cccc3c2C(=O)N(C)C3)n1. The number of carboxylic acids is 1. The van der Waals surface area contributed by atoms with E-state index in [9.17, 15) is 14.7 Å². The van der Waals surface area contributed by atoms with E-state index in [1.807, 2.05) is 36.4 Å². The van der Waals surface area contributed by atoms with Gasteiger partial charge in [-0.25, -0.2) is 4.98 Å². The number of methoxy groups -OCH3 is 1. The van der Waals surface area contributed by atoms with Gasteiger partial charge in [-0.05, 0) is 43.5 Å². The first-order valence-corrected chi connectivity index (χ1v) is 12.7. The second-order valence-electron chi connectivity index (χ2n) is 9.92. The summed E-state index contributed by atoms with van der Waals surface area (Å²) < 4.78 is 5.63. The highest BCUT2D eigenvalue weighted by Gasteiger charge is 2.38. The molecule has 11 heteroatoms. The molecule has 1 amide bonds. The summed E-state index contributed by atoms with van der Waals surface area (Å²) in [5.41, 5.74) is 2.90. The quantitative estimate of drug-likeness (QED) is 0.387. The van der Waals surface area contributed by atoms with Crippen molar-refractivity contribution in [3.8, 4) is 5.75 Å². The molecule has 3 aromatic rings. The molecule has 0 saturated carbocycles. The van der Waals surface area contributed by atoms with Crippen LogP contribution in [0.25, 0.3) is 0 Å². The summed E-state index contributed by atoms with van der Waals surface area (Å²) in [6.07, 6.45) is 2.93. The molecule has 2 aromatic carbocycles. The van der Waals surface area contributed by atoms with Crippen molar-refractivity contribution in [3.05, 3.63) is 58.7 Å². The molecule has 1 aromatic heterocycles. The number of nitrogens with one attached hydrogen (secondary N) is 2. The fraction of sp³-hybridized carbons (Fsp3) is 0.333. The van der Waals surface area contributed by atoms with E-state index in [0.717, 1.165) is 24.2 Å². The number of carboxylic acid groups (broad SMARTS) is 1. The monoisotopic (exact) mass is 536 g/mol. The molecule has 38 heavy (non-hydrogen) atoms. The summed E-state index contributed by atoms with van der Waals surface area (Å²) in [6, 6.07) is 11.3. The third kappa shape index (κ3) is 4.79. The van der Waals surface area contributed by atoms with Crippen LogP contribution >= 0.6 is 11.6 Å². The minimum atomic E-state index is -0.790. The van der Waals surface area contributed by atoms with Gasteiger partial charge in [0.15, 0.2) is 5.82 Å². The van der Waals surface area contributed by atoms with Gasteiger partial charge in [-0.3, -0.25) is 9.59 Å². The summed E-state index contributed by atoms with van der Waals surface area (Å²) in [5, 5.41) is 16.3. The Balaban J connectivity index is 1.38. The molecule has 1 unspecified atom stereocenters. The number of piperidine rings is 1. The van der Waals surface area contributed by atoms with Crippen molar-refractivity contribution in [2.75, 3.05) is 42.8 Å². The van der Waals surface area contributed by atoms with E-state index in [1.54, 1.807) is 26.0 Å². The number of carbonyl (C=O) groups is 2. The normalized spacial score (nSPS) is 18.8. The number of carbonyl (C=O) groups excluding carboxylic acids is 1. The second kappa shape index (κ2) is 10.0. The van der Waals surface area contributed by atoms with Gasteiger partial charge in [0, 0.05) is 38.4 Å². The molecule has 2 aliphatic rings. The first-order chi connectivity index (χ1) is 18.2. The molecule has 0 aliphatic carbocycles. The Morgan fingerprint density at radius 3 is 2.79 bits per heavy atom. The van der Waals surface area contributed by atoms with E-state index < -0.39 is 11.4 Å². The highest BCUT2D eigenvalue weighted by molar-refractivity contribution is 6.33. The van der Waals surface area contributed by atoms with E-state index in [2.05, 4.69) is 25.5 Å². The number of aliphatic carboxylic acids is 1. The van der Waals surface area contributed by atoms with Gasteiger partial charge in [-0.2, -0.15) is 4.98 Å². The van der Waals surface area contributed by atoms with Crippen molar-refractivity contribution in [2.45, 2.75) is 26.3 Å². The molecule has 5 rings (SSSR count). The van der Waals surface area contributed by atoms with Crippen molar-refractivity contribution in [1.29, 1.82) is 0 Å². The first-order valence-electron chi connectivity index (χ1n) is 12.3. The average molecular weight is 537 g/mol. The van der Waals surface area contributed by atoms with Gasteiger partial charge in [0.2, 0.25) is 5.95 Å². The number of amides is 1. The highest BCUT2D eigenvalue weighted by atomic mass is 35.5. The van der Waals surface area contributed by atoms with E-state index in [0.29, 0.717) is 53.0 Å². The smallest absolute Gasteiger partial charge is 0.311 e. The number of aromatic nitrogens is 2. The van der Waals surface area contributed by atoms with Crippen LogP contribution in [0.5, 0.6) is 5.75 Å². The zero-order valence-electron chi connectivity index (χ0n) is 21.4. The maximum absolute atomic E-state index is 12.6. The number of halogens is 1. The van der Waals surface area contributed by atoms with Crippen molar-refractivity contribution in [2.24, 2.45) is 5.41 Å². The zero-order chi connectivity index (χ0) is 27.0. The van der Waals surface area contributed by atoms with Gasteiger partial charge in [0.25, 0.3) is 5.91 Å². The Hall–Kier alpha value is -4.05. The molecule has 3 heterocycles. The topological polar surface area (TPSA) is 120 Å². The van der Waals surface area contributed by atoms with Gasteiger partial charge in [0.1, 0.15) is 10.8 Å². The number of ether oxygens (including phenoxy) is 1. The lowest BCUT2D eigenvalue weighted by Crippen LogP contribution is -2.46. The Kier molecular flexibility index (Phi) is 6.75. The summed E-state index contributed by atoms with van der Waals surface area (Å²) in [7, 11) is 3.34. The van der Waals surface area contributed by atoms with Gasteiger partial charge < -0.3 is 30.3 Å². The lowest BCUT2D eigenvalue weighted by atomic mass is 9.82. The number of anilines is 5. The minimum absolute atomic E-state index is 0.0613. The number of hydrogen-bond acceptors (Lipinski definition) is 8. The van der Waals surface area contributed by atoms with Crippen LogP contribution in [0.4, 0.5) is 28.8 Å². The summed E-state index contributed by atoms with van der Waals surface area (Å²) >= 11 is 6.39. The van der Waals surface area contributed by atoms with Gasteiger partial charge in [-0.15, -0.1) is 0 Å². The van der Waals surface area contributed by atoms with Gasteiger partial charge in [0.05, 0.1) is 35.7 Å². The largest absolute Gasteiger partial charge is 0.494 e. The number of benzene rings is 2. The molecule has 1 saturated heterocycles. The number of nitrogens with zero attached hydrogens (tertiary/aromatic N) is 4. The fourth-order valence-electron chi connectivity index (χ4n) is 4.98. The third-order valence-electron chi connectivity index (χ3n) is 7.13. The molecule has 1 atom stereocenters. The van der Waals surface area contributed by atoms with E-state index in [-0.39, 0.29) is 11.9 Å². The molecule has 3 N–H and O–H groups in total. The van der Waals surface area contributed by atoms with Gasteiger partial charge >= 0.3 is 5.97 Å². The molecule has 1 fully saturated rings. The van der Waals surface area contributed by atoms with Crippen LogP contribution in [0.1, 0.15) is 35.7 Å². The van der Waals surface area contributed by atoms with Crippen molar-refractivity contribution < 1.29 is 19.4 Å². The van der Waals surface area contributed by atoms with Crippen LogP contribution in [0.15, 0.2) is 42.6 Å². The number of rotatable bonds is 7. The molecular formula is C27H29ClN6O4. The van der Waals surface area contributed by atoms with Gasteiger partial charge in [-0.1, -0.05) is 23.7 Å². The maximum Gasteiger partial charge on any atom is 0.311 e. The Morgan fingerprint density at radius 2 is 2.03 bits per heavy atom. The molecule has 0 bridgehead atoms. The molecular weight excluding hydrogens is 508 g/mol. The van der Waals surface area contributed by atoms with Crippen LogP contribution in [-0.2, 0) is 11.3 Å². The molecule has 0 radical (unpaired) electrons. The van der Waals surface area contributed by atoms with Crippen LogP contribution in [-0.4, -0.2) is 59.1 Å². The van der Waals surface area contributed by atoms with E-state index >= 15 is 0 Å². The predicted molar refractivity (Wildman–Crippen MR) is 146 cm³/mol. The van der Waals surface area contributed by atoms with Crippen LogP contribution < -0.4 is 20.3 Å². The molecule has 2 aliphatic heterocycles. The predicted octanol–water partition coefficient (Wildman–Crippen LogP) is 4.90.